The second kappa shape index (κ2) is 31.6. The summed E-state index contributed by atoms with van der Waals surface area (Å²) in [6, 6.07) is 0. The van der Waals surface area contributed by atoms with Crippen molar-refractivity contribution in [2.75, 3.05) is 6.61 Å². The standard InChI is InChI=1S/C3H6O3.4CH2O3.Na.H/c1-2-6-3(4)5;4*2-1(3)4;;/h2H2,1H3,(H,4,5);4*(H2,2,3,4);;. The quantitative estimate of drug-likeness (QED) is 0.232. The first kappa shape index (κ1) is 37.0. The van der Waals surface area contributed by atoms with E-state index in [1.54, 1.807) is 6.92 Å². The van der Waals surface area contributed by atoms with Gasteiger partial charge in [0.15, 0.2) is 0 Å². The fraction of sp³-hybridized carbons (Fsp3) is 0.286. The number of carbonyl (C=O) groups is 5. The third-order valence-corrected chi connectivity index (χ3v) is 0.268. The molecule has 0 aromatic carbocycles. The number of hydrogen-bond acceptors (Lipinski definition) is 6. The zero-order valence-electron chi connectivity index (χ0n) is 10.7. The molecule has 0 aliphatic carbocycles. The van der Waals surface area contributed by atoms with Gasteiger partial charge in [-0.25, -0.2) is 24.0 Å². The summed E-state index contributed by atoms with van der Waals surface area (Å²) in [6.45, 7) is 1.85. The molecule has 0 spiro atoms. The summed E-state index contributed by atoms with van der Waals surface area (Å²) >= 11 is 0. The van der Waals surface area contributed by atoms with Crippen LogP contribution in [0.2, 0.25) is 0 Å². The van der Waals surface area contributed by atoms with Crippen molar-refractivity contribution >= 4 is 60.3 Å². The Morgan fingerprint density at radius 2 is 0.739 bits per heavy atom. The molecular weight excluding hydrogens is 347 g/mol. The SMILES string of the molecule is CCOC(=O)O.O=C(O)O.O=C(O)O.O=C(O)O.O=C(O)O.[NaH]. The number of rotatable bonds is 1. The summed E-state index contributed by atoms with van der Waals surface area (Å²) in [5, 5.41) is 63.5. The molecule has 0 unspecified atom stereocenters. The fourth-order valence-electron chi connectivity index (χ4n) is 0.123. The maximum absolute atomic E-state index is 9.38. The van der Waals surface area contributed by atoms with E-state index in [0.29, 0.717) is 0 Å². The van der Waals surface area contributed by atoms with E-state index in [9.17, 15) is 4.79 Å². The van der Waals surface area contributed by atoms with Gasteiger partial charge in [0.1, 0.15) is 0 Å². The van der Waals surface area contributed by atoms with E-state index in [4.69, 9.17) is 65.1 Å². The zero-order valence-corrected chi connectivity index (χ0v) is 10.7. The molecule has 23 heavy (non-hydrogen) atoms. The van der Waals surface area contributed by atoms with E-state index in [2.05, 4.69) is 4.74 Å². The summed E-state index contributed by atoms with van der Waals surface area (Å²) in [6.07, 6.45) is -8.54. The van der Waals surface area contributed by atoms with Crippen molar-refractivity contribution in [3.8, 4) is 0 Å². The molecule has 15 nitrogen and oxygen atoms in total. The molecule has 0 aliphatic rings. The Bertz CT molecular complexity index is 262. The van der Waals surface area contributed by atoms with Crippen LogP contribution in [0, 0.1) is 0 Å². The molecule has 0 saturated carbocycles. The van der Waals surface area contributed by atoms with Crippen LogP contribution in [0.5, 0.6) is 0 Å². The Morgan fingerprint density at radius 3 is 0.739 bits per heavy atom. The second-order valence-electron chi connectivity index (χ2n) is 1.83. The van der Waals surface area contributed by atoms with Crippen molar-refractivity contribution in [2.24, 2.45) is 0 Å². The molecule has 0 radical (unpaired) electrons. The number of carboxylic acid groups (broad SMARTS) is 9. The molecule has 0 saturated heterocycles. The molecule has 16 heteroatoms. The van der Waals surface area contributed by atoms with Crippen LogP contribution in [0.1, 0.15) is 6.92 Å². The summed E-state index contributed by atoms with van der Waals surface area (Å²) in [5.74, 6) is 0. The van der Waals surface area contributed by atoms with Crippen LogP contribution in [0.4, 0.5) is 24.0 Å². The van der Waals surface area contributed by atoms with Gasteiger partial charge in [-0.1, -0.05) is 0 Å². The molecule has 0 rings (SSSR count). The Hall–Kier alpha value is -2.65. The van der Waals surface area contributed by atoms with Crippen LogP contribution in [-0.2, 0) is 4.74 Å². The maximum atomic E-state index is 9.38. The Labute approximate surface area is 148 Å². The van der Waals surface area contributed by atoms with Crippen molar-refractivity contribution in [2.45, 2.75) is 6.92 Å². The van der Waals surface area contributed by atoms with Crippen molar-refractivity contribution in [3.05, 3.63) is 0 Å². The van der Waals surface area contributed by atoms with E-state index < -0.39 is 30.8 Å². The average molecular weight is 362 g/mol. The van der Waals surface area contributed by atoms with Gasteiger partial charge in [-0.2, -0.15) is 0 Å². The van der Waals surface area contributed by atoms with E-state index >= 15 is 0 Å². The first-order valence-electron chi connectivity index (χ1n) is 4.23. The molecule has 0 aliphatic heterocycles. The Morgan fingerprint density at radius 1 is 0.609 bits per heavy atom. The normalized spacial score (nSPS) is 6.13. The van der Waals surface area contributed by atoms with Gasteiger partial charge in [-0.15, -0.1) is 0 Å². The molecule has 0 aromatic heterocycles. The zero-order chi connectivity index (χ0) is 19.3. The topological polar surface area (TPSA) is 277 Å². The van der Waals surface area contributed by atoms with Crippen LogP contribution in [0.25, 0.3) is 0 Å². The van der Waals surface area contributed by atoms with Gasteiger partial charge in [-0.3, -0.25) is 0 Å². The summed E-state index contributed by atoms with van der Waals surface area (Å²) < 4.78 is 3.96. The van der Waals surface area contributed by atoms with Gasteiger partial charge in [-0.05, 0) is 6.92 Å². The molecular formula is C7H15NaO15. The molecule has 0 atom stereocenters. The van der Waals surface area contributed by atoms with Gasteiger partial charge in [0.05, 0.1) is 6.61 Å². The molecule has 9 N–H and O–H groups in total. The van der Waals surface area contributed by atoms with Crippen LogP contribution in [0.3, 0.4) is 0 Å². The molecule has 0 amide bonds. The van der Waals surface area contributed by atoms with Crippen LogP contribution in [0.15, 0.2) is 0 Å². The average Bonchev–Trinajstić information content (AvgIpc) is 2.12. The number of ether oxygens (including phenoxy) is 1. The monoisotopic (exact) mass is 362 g/mol. The van der Waals surface area contributed by atoms with Crippen molar-refractivity contribution < 1.29 is 74.7 Å². The van der Waals surface area contributed by atoms with Crippen LogP contribution < -0.4 is 0 Å². The Balaban J connectivity index is -0.0000000393. The third-order valence-electron chi connectivity index (χ3n) is 0.268. The molecule has 0 heterocycles. The summed E-state index contributed by atoms with van der Waals surface area (Å²) in [7, 11) is 0. The first-order chi connectivity index (χ1) is 9.70. The second-order valence-corrected chi connectivity index (χ2v) is 1.83. The van der Waals surface area contributed by atoms with Crippen molar-refractivity contribution in [1.82, 2.24) is 0 Å². The fourth-order valence-corrected chi connectivity index (χ4v) is 0.123. The molecule has 0 aromatic rings. The van der Waals surface area contributed by atoms with Crippen molar-refractivity contribution in [3.63, 3.8) is 0 Å². The third kappa shape index (κ3) is 47500. The van der Waals surface area contributed by atoms with Gasteiger partial charge in [0.25, 0.3) is 0 Å². The van der Waals surface area contributed by atoms with Crippen molar-refractivity contribution in [1.29, 1.82) is 0 Å². The molecule has 134 valence electrons. The predicted octanol–water partition coefficient (Wildman–Crippen LogP) is 0.942. The van der Waals surface area contributed by atoms with Gasteiger partial charge >= 0.3 is 60.3 Å². The summed E-state index contributed by atoms with van der Waals surface area (Å²) in [5.41, 5.74) is 0. The van der Waals surface area contributed by atoms with E-state index in [-0.39, 0.29) is 36.2 Å². The van der Waals surface area contributed by atoms with Crippen LogP contribution >= 0.6 is 0 Å². The van der Waals surface area contributed by atoms with Gasteiger partial charge in [0, 0.05) is 0 Å². The predicted molar refractivity (Wildman–Crippen MR) is 69.4 cm³/mol. The van der Waals surface area contributed by atoms with Gasteiger partial charge < -0.3 is 50.7 Å². The van der Waals surface area contributed by atoms with Gasteiger partial charge in [0.2, 0.25) is 0 Å². The number of hydrogen-bond donors (Lipinski definition) is 9. The van der Waals surface area contributed by atoms with Crippen LogP contribution in [-0.4, -0.2) is 113 Å². The minimum absolute atomic E-state index is 0. The Kier molecular flexibility index (Phi) is 50.9. The van der Waals surface area contributed by atoms with E-state index in [1.807, 2.05) is 0 Å². The summed E-state index contributed by atoms with van der Waals surface area (Å²) in [4.78, 5) is 43.6. The first-order valence-corrected chi connectivity index (χ1v) is 4.23. The molecule has 0 bridgehead atoms. The molecule has 0 fully saturated rings. The van der Waals surface area contributed by atoms with E-state index in [1.165, 1.54) is 0 Å². The van der Waals surface area contributed by atoms with E-state index in [0.717, 1.165) is 0 Å². The minimum atomic E-state index is -1.83.